The van der Waals surface area contributed by atoms with E-state index in [9.17, 15) is 9.59 Å². The molecular formula is C16H23N3O2S. The molecule has 6 heteroatoms. The lowest BCUT2D eigenvalue weighted by molar-refractivity contribution is -0.134. The predicted octanol–water partition coefficient (Wildman–Crippen LogP) is 1.06. The average Bonchev–Trinajstić information content (AvgIpc) is 3.21. The highest BCUT2D eigenvalue weighted by Gasteiger charge is 2.25. The molecule has 22 heavy (non-hydrogen) atoms. The Kier molecular flexibility index (Phi) is 5.10. The Labute approximate surface area is 135 Å². The van der Waals surface area contributed by atoms with E-state index in [1.54, 1.807) is 11.3 Å². The largest absolute Gasteiger partial charge is 0.342 e. The fourth-order valence-corrected chi connectivity index (χ4v) is 3.78. The number of hydrogen-bond acceptors (Lipinski definition) is 4. The highest BCUT2D eigenvalue weighted by Crippen LogP contribution is 2.13. The first-order valence-corrected chi connectivity index (χ1v) is 8.90. The summed E-state index contributed by atoms with van der Waals surface area (Å²) in [5.74, 6) is 0.448. The SMILES string of the molecule is O=C(Cc1cccs1)N1CCN(CC(=O)N2CCCC2)CC1. The van der Waals surface area contributed by atoms with Crippen LogP contribution in [-0.4, -0.2) is 72.3 Å². The fourth-order valence-electron chi connectivity index (χ4n) is 3.09. The molecule has 2 saturated heterocycles. The molecule has 0 unspecified atom stereocenters. The summed E-state index contributed by atoms with van der Waals surface area (Å²) in [6.07, 6.45) is 2.78. The number of likely N-dealkylation sites (tertiary alicyclic amines) is 1. The molecule has 0 atom stereocenters. The quantitative estimate of drug-likeness (QED) is 0.833. The highest BCUT2D eigenvalue weighted by atomic mass is 32.1. The van der Waals surface area contributed by atoms with Crippen molar-refractivity contribution < 1.29 is 9.59 Å². The second-order valence-electron chi connectivity index (χ2n) is 6.00. The molecule has 0 spiro atoms. The molecule has 2 fully saturated rings. The van der Waals surface area contributed by atoms with Crippen LogP contribution in [0.15, 0.2) is 17.5 Å². The molecule has 0 saturated carbocycles. The molecule has 120 valence electrons. The topological polar surface area (TPSA) is 43.9 Å². The van der Waals surface area contributed by atoms with Gasteiger partial charge in [-0.1, -0.05) is 6.07 Å². The number of piperazine rings is 1. The molecule has 0 bridgehead atoms. The number of nitrogens with zero attached hydrogens (tertiary/aromatic N) is 3. The third kappa shape index (κ3) is 3.87. The van der Waals surface area contributed by atoms with Crippen molar-refractivity contribution in [2.24, 2.45) is 0 Å². The van der Waals surface area contributed by atoms with Gasteiger partial charge in [0.1, 0.15) is 0 Å². The van der Waals surface area contributed by atoms with Gasteiger partial charge < -0.3 is 9.80 Å². The van der Waals surface area contributed by atoms with Crippen molar-refractivity contribution in [2.75, 3.05) is 45.8 Å². The lowest BCUT2D eigenvalue weighted by atomic mass is 10.2. The van der Waals surface area contributed by atoms with E-state index in [0.717, 1.165) is 57.0 Å². The molecule has 2 amide bonds. The monoisotopic (exact) mass is 321 g/mol. The number of amides is 2. The first kappa shape index (κ1) is 15.5. The van der Waals surface area contributed by atoms with E-state index in [-0.39, 0.29) is 11.8 Å². The van der Waals surface area contributed by atoms with E-state index in [2.05, 4.69) is 4.90 Å². The van der Waals surface area contributed by atoms with E-state index >= 15 is 0 Å². The Hall–Kier alpha value is -1.40. The summed E-state index contributed by atoms with van der Waals surface area (Å²) in [6.45, 7) is 5.41. The van der Waals surface area contributed by atoms with E-state index in [4.69, 9.17) is 0 Å². The molecule has 0 N–H and O–H groups in total. The molecule has 3 rings (SSSR count). The van der Waals surface area contributed by atoms with Crippen LogP contribution in [0.1, 0.15) is 17.7 Å². The molecule has 3 heterocycles. The Morgan fingerprint density at radius 3 is 2.27 bits per heavy atom. The van der Waals surface area contributed by atoms with Crippen molar-refractivity contribution in [3.05, 3.63) is 22.4 Å². The maximum Gasteiger partial charge on any atom is 0.236 e. The Morgan fingerprint density at radius 2 is 1.64 bits per heavy atom. The molecule has 0 aromatic carbocycles. The summed E-state index contributed by atoms with van der Waals surface area (Å²) in [5.41, 5.74) is 0. The van der Waals surface area contributed by atoms with Crippen LogP contribution in [0.5, 0.6) is 0 Å². The highest BCUT2D eigenvalue weighted by molar-refractivity contribution is 7.10. The number of carbonyl (C=O) groups excluding carboxylic acids is 2. The number of hydrogen-bond donors (Lipinski definition) is 0. The normalized spacial score (nSPS) is 19.6. The zero-order valence-electron chi connectivity index (χ0n) is 12.9. The van der Waals surface area contributed by atoms with Crippen LogP contribution >= 0.6 is 11.3 Å². The minimum absolute atomic E-state index is 0.202. The summed E-state index contributed by atoms with van der Waals surface area (Å²) in [7, 11) is 0. The molecular weight excluding hydrogens is 298 g/mol. The van der Waals surface area contributed by atoms with Gasteiger partial charge in [0.05, 0.1) is 13.0 Å². The van der Waals surface area contributed by atoms with Gasteiger partial charge in [-0.2, -0.15) is 0 Å². The first-order chi connectivity index (χ1) is 10.7. The zero-order valence-corrected chi connectivity index (χ0v) is 13.7. The standard InChI is InChI=1S/C16H23N3O2S/c20-15(12-14-4-3-11-22-14)19-9-7-17(8-10-19)13-16(21)18-5-1-2-6-18/h3-4,11H,1-2,5-10,12-13H2. The number of carbonyl (C=O) groups is 2. The van der Waals surface area contributed by atoms with Gasteiger partial charge in [0.15, 0.2) is 0 Å². The van der Waals surface area contributed by atoms with Crippen LogP contribution in [0.4, 0.5) is 0 Å². The maximum atomic E-state index is 12.2. The summed E-state index contributed by atoms with van der Waals surface area (Å²) >= 11 is 1.63. The molecule has 2 aliphatic heterocycles. The molecule has 1 aromatic heterocycles. The maximum absolute atomic E-state index is 12.2. The minimum Gasteiger partial charge on any atom is -0.342 e. The van der Waals surface area contributed by atoms with E-state index < -0.39 is 0 Å². The van der Waals surface area contributed by atoms with Gasteiger partial charge in [-0.25, -0.2) is 0 Å². The smallest absolute Gasteiger partial charge is 0.236 e. The van der Waals surface area contributed by atoms with E-state index in [1.807, 2.05) is 27.3 Å². The van der Waals surface area contributed by atoms with Crippen LogP contribution in [-0.2, 0) is 16.0 Å². The molecule has 0 radical (unpaired) electrons. The Balaban J connectivity index is 1.42. The Bertz CT molecular complexity index is 503. The number of rotatable bonds is 4. The van der Waals surface area contributed by atoms with E-state index in [0.29, 0.717) is 13.0 Å². The van der Waals surface area contributed by atoms with Gasteiger partial charge >= 0.3 is 0 Å². The lowest BCUT2D eigenvalue weighted by Gasteiger charge is -2.35. The third-order valence-corrected chi connectivity index (χ3v) is 5.32. The van der Waals surface area contributed by atoms with Crippen molar-refractivity contribution in [3.63, 3.8) is 0 Å². The van der Waals surface area contributed by atoms with E-state index in [1.165, 1.54) is 0 Å². The summed E-state index contributed by atoms with van der Waals surface area (Å²) < 4.78 is 0. The fraction of sp³-hybridized carbons (Fsp3) is 0.625. The second-order valence-corrected chi connectivity index (χ2v) is 7.03. The predicted molar refractivity (Wildman–Crippen MR) is 86.9 cm³/mol. The van der Waals surface area contributed by atoms with Gasteiger partial charge in [0.25, 0.3) is 0 Å². The van der Waals surface area contributed by atoms with Crippen LogP contribution in [0, 0.1) is 0 Å². The van der Waals surface area contributed by atoms with Gasteiger partial charge in [-0.3, -0.25) is 14.5 Å². The number of thiophene rings is 1. The van der Waals surface area contributed by atoms with Crippen molar-refractivity contribution in [3.8, 4) is 0 Å². The summed E-state index contributed by atoms with van der Waals surface area (Å²) in [4.78, 5) is 31.6. The van der Waals surface area contributed by atoms with Gasteiger partial charge in [0.2, 0.25) is 11.8 Å². The minimum atomic E-state index is 0.202. The average molecular weight is 321 g/mol. The van der Waals surface area contributed by atoms with Crippen molar-refractivity contribution in [1.29, 1.82) is 0 Å². The van der Waals surface area contributed by atoms with Gasteiger partial charge in [-0.15, -0.1) is 11.3 Å². The van der Waals surface area contributed by atoms with Gasteiger partial charge in [0, 0.05) is 44.1 Å². The lowest BCUT2D eigenvalue weighted by Crippen LogP contribution is -2.51. The third-order valence-electron chi connectivity index (χ3n) is 4.45. The second kappa shape index (κ2) is 7.24. The van der Waals surface area contributed by atoms with Gasteiger partial charge in [-0.05, 0) is 24.3 Å². The molecule has 5 nitrogen and oxygen atoms in total. The van der Waals surface area contributed by atoms with Crippen LogP contribution < -0.4 is 0 Å². The van der Waals surface area contributed by atoms with Crippen LogP contribution in [0.25, 0.3) is 0 Å². The van der Waals surface area contributed by atoms with Crippen LogP contribution in [0.3, 0.4) is 0 Å². The molecule has 0 aliphatic carbocycles. The van der Waals surface area contributed by atoms with Crippen molar-refractivity contribution in [1.82, 2.24) is 14.7 Å². The summed E-state index contributed by atoms with van der Waals surface area (Å²) in [6, 6.07) is 3.99. The van der Waals surface area contributed by atoms with Crippen molar-refractivity contribution >= 4 is 23.2 Å². The zero-order chi connectivity index (χ0) is 15.4. The van der Waals surface area contributed by atoms with Crippen LogP contribution in [0.2, 0.25) is 0 Å². The van der Waals surface area contributed by atoms with Crippen molar-refractivity contribution in [2.45, 2.75) is 19.3 Å². The summed E-state index contributed by atoms with van der Waals surface area (Å²) in [5, 5.41) is 2.00. The Morgan fingerprint density at radius 1 is 0.955 bits per heavy atom. The first-order valence-electron chi connectivity index (χ1n) is 8.02. The molecule has 2 aliphatic rings. The molecule has 1 aromatic rings.